The number of hydrogen-bond donors (Lipinski definition) is 2. The quantitative estimate of drug-likeness (QED) is 0.902. The van der Waals surface area contributed by atoms with Gasteiger partial charge < -0.3 is 15.6 Å². The second-order valence-electron chi connectivity index (χ2n) is 5.92. The first-order valence-corrected chi connectivity index (χ1v) is 8.62. The number of aromatic nitrogens is 1. The first-order valence-electron chi connectivity index (χ1n) is 7.74. The van der Waals surface area contributed by atoms with E-state index in [9.17, 15) is 4.79 Å². The maximum Gasteiger partial charge on any atom is 0.259 e. The number of amides is 1. The largest absolute Gasteiger partial charge is 0.367 e. The van der Waals surface area contributed by atoms with E-state index >= 15 is 0 Å². The van der Waals surface area contributed by atoms with Gasteiger partial charge in [-0.1, -0.05) is 24.4 Å². The zero-order valence-electron chi connectivity index (χ0n) is 12.7. The number of hydrogen-bond acceptors (Lipinski definition) is 5. The maximum atomic E-state index is 12.5. The van der Waals surface area contributed by atoms with Crippen molar-refractivity contribution in [2.45, 2.75) is 39.0 Å². The molecule has 3 N–H and O–H groups in total. The molecule has 0 radical (unpaired) electrons. The Balaban J connectivity index is 1.75. The van der Waals surface area contributed by atoms with Crippen LogP contribution in [0.2, 0.25) is 0 Å². The fourth-order valence-electron chi connectivity index (χ4n) is 3.01. The van der Waals surface area contributed by atoms with E-state index in [2.05, 4.69) is 10.5 Å². The summed E-state index contributed by atoms with van der Waals surface area (Å²) < 4.78 is 5.06. The highest BCUT2D eigenvalue weighted by atomic mass is 32.1. The van der Waals surface area contributed by atoms with E-state index < -0.39 is 0 Å². The van der Waals surface area contributed by atoms with Crippen LogP contribution in [-0.2, 0) is 0 Å². The lowest BCUT2D eigenvalue weighted by atomic mass is 9.89. The van der Waals surface area contributed by atoms with Crippen LogP contribution in [0.1, 0.15) is 48.0 Å². The first-order chi connectivity index (χ1) is 10.7. The normalized spacial score (nSPS) is 15.9. The van der Waals surface area contributed by atoms with Crippen molar-refractivity contribution in [1.29, 1.82) is 0 Å². The fraction of sp³-hybridized carbons (Fsp3) is 0.500. The zero-order chi connectivity index (χ0) is 15.5. The average molecular weight is 319 g/mol. The summed E-state index contributed by atoms with van der Waals surface area (Å²) in [5.41, 5.74) is 7.80. The molecule has 3 rings (SSSR count). The number of nitrogens with two attached hydrogens (primary N) is 1. The molecule has 0 spiro atoms. The topological polar surface area (TPSA) is 81.2 Å². The number of carbonyl (C=O) groups is 1. The second-order valence-corrected chi connectivity index (χ2v) is 6.83. The van der Waals surface area contributed by atoms with Gasteiger partial charge in [-0.05, 0) is 42.7 Å². The van der Waals surface area contributed by atoms with E-state index in [4.69, 9.17) is 10.3 Å². The van der Waals surface area contributed by atoms with Gasteiger partial charge in [-0.2, -0.15) is 0 Å². The number of nitrogen functional groups attached to an aromatic ring is 1. The molecule has 1 saturated carbocycles. The summed E-state index contributed by atoms with van der Waals surface area (Å²) in [5.74, 6) is 0.474. The van der Waals surface area contributed by atoms with E-state index in [-0.39, 0.29) is 11.8 Å². The molecule has 1 fully saturated rings. The molecule has 0 aliphatic heterocycles. The summed E-state index contributed by atoms with van der Waals surface area (Å²) in [4.78, 5) is 13.4. The first kappa shape index (κ1) is 15.1. The van der Waals surface area contributed by atoms with Crippen LogP contribution in [0.5, 0.6) is 0 Å². The van der Waals surface area contributed by atoms with Crippen molar-refractivity contribution in [3.63, 3.8) is 0 Å². The molecule has 1 amide bonds. The number of rotatable bonds is 4. The molecule has 118 valence electrons. The molecular weight excluding hydrogens is 298 g/mol. The van der Waals surface area contributed by atoms with Crippen molar-refractivity contribution in [3.8, 4) is 10.6 Å². The van der Waals surface area contributed by atoms with Crippen molar-refractivity contribution in [2.75, 3.05) is 12.3 Å². The van der Waals surface area contributed by atoms with Gasteiger partial charge in [-0.3, -0.25) is 4.79 Å². The Bertz CT molecular complexity index is 656. The van der Waals surface area contributed by atoms with Crippen LogP contribution in [0, 0.1) is 12.8 Å². The maximum absolute atomic E-state index is 12.5. The van der Waals surface area contributed by atoms with E-state index in [0.717, 1.165) is 10.4 Å². The number of anilines is 1. The molecule has 2 heterocycles. The lowest BCUT2D eigenvalue weighted by molar-refractivity contribution is 0.0944. The summed E-state index contributed by atoms with van der Waals surface area (Å²) in [6.45, 7) is 2.69. The number of aryl methyl sites for hydroxylation is 1. The molecular formula is C16H21N3O2S. The van der Waals surface area contributed by atoms with Gasteiger partial charge in [0, 0.05) is 6.54 Å². The van der Waals surface area contributed by atoms with Crippen LogP contribution in [0.15, 0.2) is 16.0 Å². The van der Waals surface area contributed by atoms with Gasteiger partial charge >= 0.3 is 0 Å². The van der Waals surface area contributed by atoms with E-state index in [1.807, 2.05) is 18.4 Å². The van der Waals surface area contributed by atoms with Crippen molar-refractivity contribution in [3.05, 3.63) is 22.6 Å². The van der Waals surface area contributed by atoms with Crippen LogP contribution >= 0.6 is 11.3 Å². The lowest BCUT2D eigenvalue weighted by Crippen LogP contribution is -2.30. The Morgan fingerprint density at radius 1 is 1.45 bits per heavy atom. The van der Waals surface area contributed by atoms with Crippen LogP contribution in [0.3, 0.4) is 0 Å². The van der Waals surface area contributed by atoms with E-state index in [1.54, 1.807) is 0 Å². The van der Waals surface area contributed by atoms with Gasteiger partial charge in [-0.15, -0.1) is 11.3 Å². The van der Waals surface area contributed by atoms with Gasteiger partial charge in [0.2, 0.25) is 5.88 Å². The van der Waals surface area contributed by atoms with Gasteiger partial charge in [0.1, 0.15) is 11.3 Å². The molecule has 1 aliphatic carbocycles. The molecule has 6 heteroatoms. The zero-order valence-corrected chi connectivity index (χ0v) is 13.5. The SMILES string of the molecule is Cc1ccsc1-c1noc(N)c1C(=O)NCC1CCCCC1. The molecule has 0 aromatic carbocycles. The Kier molecular flexibility index (Phi) is 4.47. The van der Waals surface area contributed by atoms with Crippen LogP contribution in [0.25, 0.3) is 10.6 Å². The van der Waals surface area contributed by atoms with Crippen LogP contribution in [0.4, 0.5) is 5.88 Å². The molecule has 2 aromatic heterocycles. The highest BCUT2D eigenvalue weighted by Gasteiger charge is 2.25. The van der Waals surface area contributed by atoms with Crippen molar-refractivity contribution < 1.29 is 9.32 Å². The summed E-state index contributed by atoms with van der Waals surface area (Å²) in [6.07, 6.45) is 6.21. The van der Waals surface area contributed by atoms with Crippen molar-refractivity contribution in [2.24, 2.45) is 5.92 Å². The highest BCUT2D eigenvalue weighted by Crippen LogP contribution is 2.33. The van der Waals surface area contributed by atoms with Gasteiger partial charge in [0.25, 0.3) is 5.91 Å². The molecule has 5 nitrogen and oxygen atoms in total. The summed E-state index contributed by atoms with van der Waals surface area (Å²) >= 11 is 1.54. The van der Waals surface area contributed by atoms with Crippen molar-refractivity contribution >= 4 is 23.1 Å². The minimum absolute atomic E-state index is 0.0870. The third-order valence-electron chi connectivity index (χ3n) is 4.30. The Morgan fingerprint density at radius 3 is 2.91 bits per heavy atom. The molecule has 2 aromatic rings. The van der Waals surface area contributed by atoms with Crippen LogP contribution in [-0.4, -0.2) is 17.6 Å². The third kappa shape index (κ3) is 3.02. The summed E-state index contributed by atoms with van der Waals surface area (Å²) in [5, 5.41) is 8.96. The Morgan fingerprint density at radius 2 is 2.23 bits per heavy atom. The molecule has 22 heavy (non-hydrogen) atoms. The highest BCUT2D eigenvalue weighted by molar-refractivity contribution is 7.13. The van der Waals surface area contributed by atoms with Crippen LogP contribution < -0.4 is 11.1 Å². The second kappa shape index (κ2) is 6.52. The molecule has 0 unspecified atom stereocenters. The van der Waals surface area contributed by atoms with Gasteiger partial charge in [-0.25, -0.2) is 0 Å². The number of nitrogens with zero attached hydrogens (tertiary/aromatic N) is 1. The third-order valence-corrected chi connectivity index (χ3v) is 5.32. The predicted molar refractivity (Wildman–Crippen MR) is 87.9 cm³/mol. The summed E-state index contributed by atoms with van der Waals surface area (Å²) in [7, 11) is 0. The Labute approximate surface area is 133 Å². The number of nitrogens with one attached hydrogen (secondary N) is 1. The minimum atomic E-state index is -0.188. The molecule has 0 saturated heterocycles. The lowest BCUT2D eigenvalue weighted by Gasteiger charge is -2.21. The smallest absolute Gasteiger partial charge is 0.259 e. The molecule has 1 aliphatic rings. The van der Waals surface area contributed by atoms with Gasteiger partial charge in [0.15, 0.2) is 0 Å². The Hall–Kier alpha value is -1.82. The summed E-state index contributed by atoms with van der Waals surface area (Å²) in [6, 6.07) is 1.99. The monoisotopic (exact) mass is 319 g/mol. The predicted octanol–water partition coefficient (Wildman–Crippen LogP) is 3.60. The molecule has 0 bridgehead atoms. The number of thiophene rings is 1. The standard InChI is InChI=1S/C16H21N3O2S/c1-10-7-8-22-14(10)13-12(15(17)21-19-13)16(20)18-9-11-5-3-2-4-6-11/h7-8,11H,2-6,9,17H2,1H3,(H,18,20). The minimum Gasteiger partial charge on any atom is -0.367 e. The van der Waals surface area contributed by atoms with Crippen molar-refractivity contribution in [1.82, 2.24) is 10.5 Å². The fourth-order valence-corrected chi connectivity index (χ4v) is 3.92. The van der Waals surface area contributed by atoms with Gasteiger partial charge in [0.05, 0.1) is 4.88 Å². The van der Waals surface area contributed by atoms with E-state index in [1.165, 1.54) is 43.4 Å². The average Bonchev–Trinajstić information content (AvgIpc) is 3.11. The van der Waals surface area contributed by atoms with E-state index in [0.29, 0.717) is 23.7 Å². The number of carbonyl (C=O) groups excluding carboxylic acids is 1. The molecule has 0 atom stereocenters.